The molecule has 134 valence electrons. The average Bonchev–Trinajstić information content (AvgIpc) is 3.15. The lowest BCUT2D eigenvalue weighted by Crippen LogP contribution is -2.38. The van der Waals surface area contributed by atoms with Crippen molar-refractivity contribution in [3.05, 3.63) is 29.8 Å². The van der Waals surface area contributed by atoms with Crippen LogP contribution >= 0.6 is 0 Å². The lowest BCUT2D eigenvalue weighted by molar-refractivity contribution is 0.0940. The predicted octanol–water partition coefficient (Wildman–Crippen LogP) is 0.703. The van der Waals surface area contributed by atoms with Gasteiger partial charge < -0.3 is 10.6 Å². The molecule has 1 atom stereocenters. The summed E-state index contributed by atoms with van der Waals surface area (Å²) in [5.41, 5.74) is 0.347. The van der Waals surface area contributed by atoms with Gasteiger partial charge in [-0.25, -0.2) is 8.42 Å². The molecule has 0 radical (unpaired) electrons. The number of piperidine rings is 1. The molecule has 0 unspecified atom stereocenters. The van der Waals surface area contributed by atoms with Gasteiger partial charge in [-0.2, -0.15) is 9.57 Å². The zero-order chi connectivity index (χ0) is 17.9. The largest absolute Gasteiger partial charge is 0.348 e. The van der Waals surface area contributed by atoms with Gasteiger partial charge in [-0.05, 0) is 44.0 Å². The van der Waals surface area contributed by atoms with Crippen molar-refractivity contribution in [3.8, 4) is 6.07 Å². The number of benzene rings is 1. The SMILES string of the molecule is N#CC1CCN(S(=O)(=O)c2cccc(C(=O)N[C@@H]3CCNC3)c2)CC1. The van der Waals surface area contributed by atoms with Crippen LogP contribution in [0.4, 0.5) is 0 Å². The highest BCUT2D eigenvalue weighted by atomic mass is 32.2. The van der Waals surface area contributed by atoms with Crippen LogP contribution in [0, 0.1) is 17.2 Å². The molecule has 0 aromatic heterocycles. The van der Waals surface area contributed by atoms with Crippen molar-refractivity contribution in [2.45, 2.75) is 30.2 Å². The summed E-state index contributed by atoms with van der Waals surface area (Å²) in [6, 6.07) is 8.44. The fourth-order valence-electron chi connectivity index (χ4n) is 3.22. The summed E-state index contributed by atoms with van der Waals surface area (Å²) in [5, 5.41) is 15.0. The fraction of sp³-hybridized carbons (Fsp3) is 0.529. The molecule has 0 saturated carbocycles. The molecule has 3 rings (SSSR count). The van der Waals surface area contributed by atoms with Gasteiger partial charge in [0.05, 0.1) is 11.0 Å². The van der Waals surface area contributed by atoms with Gasteiger partial charge in [-0.15, -0.1) is 0 Å². The van der Waals surface area contributed by atoms with Crippen molar-refractivity contribution in [3.63, 3.8) is 0 Å². The van der Waals surface area contributed by atoms with Crippen LogP contribution in [0.1, 0.15) is 29.6 Å². The fourth-order valence-corrected chi connectivity index (χ4v) is 4.73. The van der Waals surface area contributed by atoms with Crippen LogP contribution in [-0.4, -0.2) is 50.9 Å². The van der Waals surface area contributed by atoms with E-state index in [-0.39, 0.29) is 22.8 Å². The number of rotatable bonds is 4. The van der Waals surface area contributed by atoms with Crippen molar-refractivity contribution in [1.82, 2.24) is 14.9 Å². The van der Waals surface area contributed by atoms with Gasteiger partial charge in [0.1, 0.15) is 0 Å². The maximum atomic E-state index is 12.8. The molecule has 2 saturated heterocycles. The first kappa shape index (κ1) is 17.9. The van der Waals surface area contributed by atoms with Gasteiger partial charge in [-0.3, -0.25) is 4.79 Å². The van der Waals surface area contributed by atoms with Crippen LogP contribution in [0.15, 0.2) is 29.2 Å². The number of nitrogens with zero attached hydrogens (tertiary/aromatic N) is 2. The molecule has 2 aliphatic rings. The molecular formula is C17H22N4O3S. The number of hydrogen-bond donors (Lipinski definition) is 2. The van der Waals surface area contributed by atoms with Crippen molar-refractivity contribution in [2.24, 2.45) is 5.92 Å². The minimum atomic E-state index is -3.65. The van der Waals surface area contributed by atoms with Crippen LogP contribution in [-0.2, 0) is 10.0 Å². The molecule has 7 nitrogen and oxygen atoms in total. The van der Waals surface area contributed by atoms with E-state index in [1.54, 1.807) is 12.1 Å². The average molecular weight is 362 g/mol. The van der Waals surface area contributed by atoms with Crippen LogP contribution in [0.3, 0.4) is 0 Å². The molecule has 8 heteroatoms. The van der Waals surface area contributed by atoms with E-state index in [4.69, 9.17) is 5.26 Å². The second kappa shape index (κ2) is 7.52. The normalized spacial score (nSPS) is 22.4. The third kappa shape index (κ3) is 4.00. The van der Waals surface area contributed by atoms with E-state index in [1.807, 2.05) is 0 Å². The summed E-state index contributed by atoms with van der Waals surface area (Å²) in [6.07, 6.45) is 1.97. The molecule has 2 N–H and O–H groups in total. The van der Waals surface area contributed by atoms with Crippen LogP contribution in [0.25, 0.3) is 0 Å². The molecular weight excluding hydrogens is 340 g/mol. The van der Waals surface area contributed by atoms with Gasteiger partial charge in [0.15, 0.2) is 0 Å². The first-order chi connectivity index (χ1) is 12.0. The van der Waals surface area contributed by atoms with E-state index in [0.29, 0.717) is 31.5 Å². The lowest BCUT2D eigenvalue weighted by Gasteiger charge is -2.28. The predicted molar refractivity (Wildman–Crippen MR) is 92.3 cm³/mol. The summed E-state index contributed by atoms with van der Waals surface area (Å²) in [5.74, 6) is -0.336. The molecule has 2 fully saturated rings. The van der Waals surface area contributed by atoms with E-state index in [0.717, 1.165) is 19.5 Å². The topological polar surface area (TPSA) is 102 Å². The van der Waals surface area contributed by atoms with Gasteiger partial charge in [0.2, 0.25) is 10.0 Å². The Hall–Kier alpha value is -1.95. The summed E-state index contributed by atoms with van der Waals surface area (Å²) in [4.78, 5) is 12.5. The van der Waals surface area contributed by atoms with Crippen LogP contribution in [0.5, 0.6) is 0 Å². The van der Waals surface area contributed by atoms with E-state index >= 15 is 0 Å². The Balaban J connectivity index is 1.74. The Morgan fingerprint density at radius 3 is 2.68 bits per heavy atom. The number of sulfonamides is 1. The first-order valence-electron chi connectivity index (χ1n) is 8.52. The number of carbonyl (C=O) groups is 1. The van der Waals surface area contributed by atoms with Crippen LogP contribution < -0.4 is 10.6 Å². The summed E-state index contributed by atoms with van der Waals surface area (Å²) < 4.78 is 27.0. The van der Waals surface area contributed by atoms with Crippen molar-refractivity contribution >= 4 is 15.9 Å². The number of carbonyl (C=O) groups excluding carboxylic acids is 1. The van der Waals surface area contributed by atoms with E-state index in [1.165, 1.54) is 16.4 Å². The first-order valence-corrected chi connectivity index (χ1v) is 9.96. The maximum absolute atomic E-state index is 12.8. The van der Waals surface area contributed by atoms with E-state index in [9.17, 15) is 13.2 Å². The molecule has 25 heavy (non-hydrogen) atoms. The van der Waals surface area contributed by atoms with Gasteiger partial charge >= 0.3 is 0 Å². The molecule has 1 aromatic rings. The monoisotopic (exact) mass is 362 g/mol. The third-order valence-electron chi connectivity index (χ3n) is 4.77. The minimum Gasteiger partial charge on any atom is -0.348 e. The van der Waals surface area contributed by atoms with Crippen molar-refractivity contribution in [2.75, 3.05) is 26.2 Å². The zero-order valence-corrected chi connectivity index (χ0v) is 14.8. The van der Waals surface area contributed by atoms with E-state index in [2.05, 4.69) is 16.7 Å². The van der Waals surface area contributed by atoms with Gasteiger partial charge in [-0.1, -0.05) is 6.07 Å². The molecule has 0 spiro atoms. The minimum absolute atomic E-state index is 0.0800. The van der Waals surface area contributed by atoms with Crippen LogP contribution in [0.2, 0.25) is 0 Å². The highest BCUT2D eigenvalue weighted by Crippen LogP contribution is 2.24. The van der Waals surface area contributed by atoms with Crippen molar-refractivity contribution < 1.29 is 13.2 Å². The van der Waals surface area contributed by atoms with Crippen molar-refractivity contribution in [1.29, 1.82) is 5.26 Å². The second-order valence-electron chi connectivity index (χ2n) is 6.50. The number of hydrogen-bond acceptors (Lipinski definition) is 5. The summed E-state index contributed by atoms with van der Waals surface area (Å²) in [6.45, 7) is 2.28. The quantitative estimate of drug-likeness (QED) is 0.821. The molecule has 0 aliphatic carbocycles. The number of amides is 1. The molecule has 2 heterocycles. The smallest absolute Gasteiger partial charge is 0.251 e. The summed E-state index contributed by atoms with van der Waals surface area (Å²) in [7, 11) is -3.65. The number of nitriles is 1. The third-order valence-corrected chi connectivity index (χ3v) is 6.66. The lowest BCUT2D eigenvalue weighted by atomic mass is 10.0. The second-order valence-corrected chi connectivity index (χ2v) is 8.44. The Morgan fingerprint density at radius 1 is 1.28 bits per heavy atom. The Kier molecular flexibility index (Phi) is 5.37. The molecule has 0 bridgehead atoms. The number of nitrogens with one attached hydrogen (secondary N) is 2. The molecule has 2 aliphatic heterocycles. The Labute approximate surface area is 148 Å². The van der Waals surface area contributed by atoms with E-state index < -0.39 is 10.0 Å². The Morgan fingerprint density at radius 2 is 2.04 bits per heavy atom. The highest BCUT2D eigenvalue weighted by Gasteiger charge is 2.30. The van der Waals surface area contributed by atoms with Gasteiger partial charge in [0.25, 0.3) is 5.91 Å². The standard InChI is InChI=1S/C17H22N4O3S/c18-11-13-5-8-21(9-6-13)25(23,24)16-3-1-2-14(10-16)17(22)20-15-4-7-19-12-15/h1-3,10,13,15,19H,4-9,12H2,(H,20,22)/t15-/m1/s1. The highest BCUT2D eigenvalue weighted by molar-refractivity contribution is 7.89. The summed E-state index contributed by atoms with van der Waals surface area (Å²) >= 11 is 0. The van der Waals surface area contributed by atoms with Gasteiger partial charge in [0, 0.05) is 37.2 Å². The Bertz CT molecular complexity index is 773. The molecule has 1 aromatic carbocycles. The molecule has 1 amide bonds. The maximum Gasteiger partial charge on any atom is 0.251 e. The zero-order valence-electron chi connectivity index (χ0n) is 13.9.